The molecule has 1 aliphatic heterocycles. The molecule has 0 unspecified atom stereocenters. The smallest absolute Gasteiger partial charge is 0.339 e. The van der Waals surface area contributed by atoms with E-state index in [9.17, 15) is 23.5 Å². The van der Waals surface area contributed by atoms with Crippen LogP contribution < -0.4 is 5.32 Å². The lowest BCUT2D eigenvalue weighted by molar-refractivity contribution is -0.116. The highest BCUT2D eigenvalue weighted by atomic mass is 32.1. The van der Waals surface area contributed by atoms with Gasteiger partial charge in [0.05, 0.1) is 17.1 Å². The quantitative estimate of drug-likeness (QED) is 0.728. The van der Waals surface area contributed by atoms with E-state index < -0.39 is 23.5 Å². The molecule has 1 aromatic carbocycles. The van der Waals surface area contributed by atoms with Crippen molar-refractivity contribution in [3.05, 3.63) is 69.7 Å². The molecule has 0 saturated heterocycles. The Hall–Kier alpha value is -3.00. The summed E-state index contributed by atoms with van der Waals surface area (Å²) >= 11 is 1.43. The Balaban J connectivity index is 2.00. The molecule has 0 aliphatic carbocycles. The minimum atomic E-state index is -1.23. The molecule has 132 valence electrons. The summed E-state index contributed by atoms with van der Waals surface area (Å²) in [7, 11) is 0. The van der Waals surface area contributed by atoms with Gasteiger partial charge in [0.1, 0.15) is 17.2 Å². The van der Waals surface area contributed by atoms with Crippen LogP contribution >= 0.6 is 11.3 Å². The average molecular weight is 374 g/mol. The number of carboxylic acids is 1. The summed E-state index contributed by atoms with van der Waals surface area (Å²) in [5, 5.41) is 14.0. The van der Waals surface area contributed by atoms with Gasteiger partial charge >= 0.3 is 5.97 Å². The maximum absolute atomic E-state index is 13.7. The number of carboxylic acid groups (broad SMARTS) is 1. The Morgan fingerprint density at radius 3 is 2.62 bits per heavy atom. The minimum Gasteiger partial charge on any atom is -0.478 e. The van der Waals surface area contributed by atoms with Crippen molar-refractivity contribution in [1.29, 1.82) is 0 Å². The van der Waals surface area contributed by atoms with E-state index in [0.717, 1.165) is 23.1 Å². The fraction of sp³-hybridized carbons (Fsp3) is 0.111. The van der Waals surface area contributed by atoms with Gasteiger partial charge in [-0.1, -0.05) is 6.07 Å². The van der Waals surface area contributed by atoms with Gasteiger partial charge in [-0.3, -0.25) is 4.79 Å². The fourth-order valence-corrected chi connectivity index (χ4v) is 4.08. The summed E-state index contributed by atoms with van der Waals surface area (Å²) in [6, 6.07) is 6.67. The number of hydrogen-bond acceptors (Lipinski definition) is 3. The number of anilines is 1. The Morgan fingerprint density at radius 2 is 2.00 bits per heavy atom. The van der Waals surface area contributed by atoms with E-state index in [1.54, 1.807) is 0 Å². The first-order valence-corrected chi connectivity index (χ1v) is 8.60. The molecule has 0 radical (unpaired) electrons. The molecule has 8 heteroatoms. The van der Waals surface area contributed by atoms with Crippen LogP contribution in [0.2, 0.25) is 0 Å². The summed E-state index contributed by atoms with van der Waals surface area (Å²) in [5.41, 5.74) is 0.689. The summed E-state index contributed by atoms with van der Waals surface area (Å²) in [6.07, 6.45) is 1.40. The van der Waals surface area contributed by atoms with Gasteiger partial charge in [-0.15, -0.1) is 11.3 Å². The monoisotopic (exact) mass is 374 g/mol. The van der Waals surface area contributed by atoms with E-state index in [1.165, 1.54) is 22.1 Å². The standard InChI is InChI=1S/C18H12F2N2O3S/c19-9-4-10(20)6-11(5-9)22-8-13(18(24)25)16-17(22)12(7-15(23)21-16)14-2-1-3-26-14/h1-6,8,12H,7H2,(H,21,23)(H,24,25)/t12-/m1/s1. The first-order valence-electron chi connectivity index (χ1n) is 7.72. The number of fused-ring (bicyclic) bond motifs is 1. The molecule has 2 N–H and O–H groups in total. The maximum Gasteiger partial charge on any atom is 0.339 e. The number of carbonyl (C=O) groups is 2. The molecular weight excluding hydrogens is 362 g/mol. The molecule has 1 amide bonds. The average Bonchev–Trinajstić information content (AvgIpc) is 3.21. The Morgan fingerprint density at radius 1 is 1.27 bits per heavy atom. The summed E-state index contributed by atoms with van der Waals surface area (Å²) < 4.78 is 28.9. The number of amides is 1. The van der Waals surface area contributed by atoms with Gasteiger partial charge < -0.3 is 15.0 Å². The van der Waals surface area contributed by atoms with Gasteiger partial charge in [-0.25, -0.2) is 13.6 Å². The van der Waals surface area contributed by atoms with E-state index in [0.29, 0.717) is 5.69 Å². The van der Waals surface area contributed by atoms with Crippen molar-refractivity contribution in [3.8, 4) is 5.69 Å². The zero-order valence-electron chi connectivity index (χ0n) is 13.2. The number of rotatable bonds is 3. The van der Waals surface area contributed by atoms with Gasteiger partial charge in [-0.2, -0.15) is 0 Å². The van der Waals surface area contributed by atoms with E-state index >= 15 is 0 Å². The number of carbonyl (C=O) groups excluding carboxylic acids is 1. The highest BCUT2D eigenvalue weighted by Gasteiger charge is 2.35. The van der Waals surface area contributed by atoms with Crippen LogP contribution in [-0.2, 0) is 4.79 Å². The van der Waals surface area contributed by atoms with Crippen LogP contribution in [-0.4, -0.2) is 21.6 Å². The lowest BCUT2D eigenvalue weighted by Crippen LogP contribution is -2.25. The predicted molar refractivity (Wildman–Crippen MR) is 92.1 cm³/mol. The van der Waals surface area contributed by atoms with Crippen LogP contribution in [0.25, 0.3) is 5.69 Å². The number of aromatic carboxylic acids is 1. The molecule has 1 atom stereocenters. The van der Waals surface area contributed by atoms with Crippen molar-refractivity contribution in [3.63, 3.8) is 0 Å². The molecule has 4 rings (SSSR count). The first kappa shape index (κ1) is 16.5. The van der Waals surface area contributed by atoms with Crippen LogP contribution in [0.1, 0.15) is 33.3 Å². The summed E-state index contributed by atoms with van der Waals surface area (Å²) in [6.45, 7) is 0. The molecule has 5 nitrogen and oxygen atoms in total. The van der Waals surface area contributed by atoms with Crippen molar-refractivity contribution in [2.24, 2.45) is 0 Å². The second-order valence-electron chi connectivity index (χ2n) is 5.93. The molecule has 3 heterocycles. The SMILES string of the molecule is O=C1C[C@H](c2cccs2)c2c(c(C(=O)O)cn2-c2cc(F)cc(F)c2)N1. The lowest BCUT2D eigenvalue weighted by Gasteiger charge is -2.25. The fourth-order valence-electron chi connectivity index (χ4n) is 3.25. The predicted octanol–water partition coefficient (Wildman–Crippen LogP) is 3.99. The molecule has 2 aromatic heterocycles. The van der Waals surface area contributed by atoms with E-state index in [2.05, 4.69) is 5.32 Å². The van der Waals surface area contributed by atoms with Crippen LogP contribution in [0.15, 0.2) is 41.9 Å². The number of thiophene rings is 1. The third-order valence-electron chi connectivity index (χ3n) is 4.27. The van der Waals surface area contributed by atoms with Crippen LogP contribution in [0.5, 0.6) is 0 Å². The lowest BCUT2D eigenvalue weighted by atomic mass is 9.93. The summed E-state index contributed by atoms with van der Waals surface area (Å²) in [5.74, 6) is -3.48. The van der Waals surface area contributed by atoms with Crippen molar-refractivity contribution in [1.82, 2.24) is 4.57 Å². The molecule has 0 spiro atoms. The first-order chi connectivity index (χ1) is 12.4. The number of benzene rings is 1. The van der Waals surface area contributed by atoms with Crippen molar-refractivity contribution >= 4 is 28.9 Å². The third-order valence-corrected chi connectivity index (χ3v) is 5.26. The van der Waals surface area contributed by atoms with Gasteiger partial charge in [-0.05, 0) is 23.6 Å². The number of aromatic nitrogens is 1. The Labute approximate surface area is 150 Å². The van der Waals surface area contributed by atoms with Crippen molar-refractivity contribution in [2.75, 3.05) is 5.32 Å². The molecule has 1 aliphatic rings. The Kier molecular flexibility index (Phi) is 3.84. The zero-order valence-corrected chi connectivity index (χ0v) is 14.0. The molecule has 0 fully saturated rings. The van der Waals surface area contributed by atoms with Gasteiger partial charge in [0, 0.05) is 29.5 Å². The number of hydrogen-bond donors (Lipinski definition) is 2. The Bertz CT molecular complexity index is 1010. The third kappa shape index (κ3) is 2.68. The van der Waals surface area contributed by atoms with Crippen LogP contribution in [0.3, 0.4) is 0 Å². The molecule has 0 saturated carbocycles. The minimum absolute atomic E-state index is 0.119. The second kappa shape index (κ2) is 6.06. The van der Waals surface area contributed by atoms with E-state index in [-0.39, 0.29) is 29.3 Å². The molecule has 26 heavy (non-hydrogen) atoms. The van der Waals surface area contributed by atoms with Crippen molar-refractivity contribution < 1.29 is 23.5 Å². The molecular formula is C18H12F2N2O3S. The second-order valence-corrected chi connectivity index (χ2v) is 6.91. The van der Waals surface area contributed by atoms with Crippen LogP contribution in [0.4, 0.5) is 14.5 Å². The summed E-state index contributed by atoms with van der Waals surface area (Å²) in [4.78, 5) is 24.6. The number of nitrogens with zero attached hydrogens (tertiary/aromatic N) is 1. The van der Waals surface area contributed by atoms with Crippen LogP contribution in [0, 0.1) is 11.6 Å². The maximum atomic E-state index is 13.7. The largest absolute Gasteiger partial charge is 0.478 e. The highest BCUT2D eigenvalue weighted by molar-refractivity contribution is 7.10. The van der Waals surface area contributed by atoms with Crippen molar-refractivity contribution in [2.45, 2.75) is 12.3 Å². The van der Waals surface area contributed by atoms with Gasteiger partial charge in [0.25, 0.3) is 0 Å². The topological polar surface area (TPSA) is 71.3 Å². The normalized spacial score (nSPS) is 16.2. The zero-order chi connectivity index (χ0) is 18.4. The number of nitrogens with one attached hydrogen (secondary N) is 1. The number of halogens is 2. The van der Waals surface area contributed by atoms with Gasteiger partial charge in [0.2, 0.25) is 5.91 Å². The molecule has 0 bridgehead atoms. The van der Waals surface area contributed by atoms with E-state index in [1.807, 2.05) is 17.5 Å². The highest BCUT2D eigenvalue weighted by Crippen LogP contribution is 2.42. The van der Waals surface area contributed by atoms with Gasteiger partial charge in [0.15, 0.2) is 0 Å². The van der Waals surface area contributed by atoms with E-state index in [4.69, 9.17) is 0 Å². The molecule has 3 aromatic rings.